The van der Waals surface area contributed by atoms with Gasteiger partial charge in [-0.3, -0.25) is 14.4 Å². The minimum Gasteiger partial charge on any atom is -0.482 e. The number of ketones is 1. The molecule has 2 saturated carbocycles. The van der Waals surface area contributed by atoms with Crippen molar-refractivity contribution in [1.82, 2.24) is 0 Å². The standard InChI is InChI=1S/C19H21NO5/c21-16(13-3-4-17-15(7-13)20-18(22)10-24-17)9-25-19(23)8-14-6-11-1-2-12(14)5-11/h3-4,7,11-12,14H,1-2,5-6,8-10H2,(H,20,22). The molecule has 3 atom stereocenters. The predicted octanol–water partition coefficient (Wildman–Crippen LogP) is 2.57. The molecule has 0 saturated heterocycles. The molecule has 1 aliphatic heterocycles. The Kier molecular flexibility index (Phi) is 4.19. The van der Waals surface area contributed by atoms with Gasteiger partial charge in [-0.25, -0.2) is 0 Å². The minimum absolute atomic E-state index is 0.0269. The maximum absolute atomic E-state index is 12.3. The molecule has 0 spiro atoms. The number of amides is 1. The van der Waals surface area contributed by atoms with E-state index in [4.69, 9.17) is 9.47 Å². The van der Waals surface area contributed by atoms with E-state index in [0.717, 1.165) is 12.3 Å². The van der Waals surface area contributed by atoms with Crippen LogP contribution in [0.2, 0.25) is 0 Å². The fourth-order valence-corrected chi connectivity index (χ4v) is 4.39. The first-order valence-electron chi connectivity index (χ1n) is 8.84. The van der Waals surface area contributed by atoms with Crippen LogP contribution in [0.25, 0.3) is 0 Å². The van der Waals surface area contributed by atoms with Gasteiger partial charge in [0.05, 0.1) is 5.69 Å². The molecule has 2 bridgehead atoms. The number of benzene rings is 1. The van der Waals surface area contributed by atoms with Crippen molar-refractivity contribution in [3.05, 3.63) is 23.8 Å². The van der Waals surface area contributed by atoms with Gasteiger partial charge in [0.2, 0.25) is 0 Å². The topological polar surface area (TPSA) is 81.7 Å². The van der Waals surface area contributed by atoms with Gasteiger partial charge < -0.3 is 14.8 Å². The largest absolute Gasteiger partial charge is 0.482 e. The van der Waals surface area contributed by atoms with Crippen LogP contribution in [-0.2, 0) is 14.3 Å². The Labute approximate surface area is 145 Å². The Morgan fingerprint density at radius 3 is 2.88 bits per heavy atom. The zero-order valence-corrected chi connectivity index (χ0v) is 14.0. The zero-order chi connectivity index (χ0) is 17.4. The highest BCUT2D eigenvalue weighted by molar-refractivity contribution is 6.01. The maximum Gasteiger partial charge on any atom is 0.306 e. The Hall–Kier alpha value is -2.37. The number of rotatable bonds is 5. The molecule has 6 nitrogen and oxygen atoms in total. The molecule has 1 N–H and O–H groups in total. The third-order valence-electron chi connectivity index (χ3n) is 5.61. The summed E-state index contributed by atoms with van der Waals surface area (Å²) in [5, 5.41) is 2.66. The molecular formula is C19H21NO5. The van der Waals surface area contributed by atoms with Crippen molar-refractivity contribution in [3.8, 4) is 5.75 Å². The summed E-state index contributed by atoms with van der Waals surface area (Å²) < 4.78 is 10.4. The smallest absolute Gasteiger partial charge is 0.306 e. The molecule has 132 valence electrons. The third kappa shape index (κ3) is 3.38. The van der Waals surface area contributed by atoms with E-state index in [1.54, 1.807) is 18.2 Å². The van der Waals surface area contributed by atoms with E-state index >= 15 is 0 Å². The summed E-state index contributed by atoms with van der Waals surface area (Å²) in [6.07, 6.45) is 5.32. The number of hydrogen-bond acceptors (Lipinski definition) is 5. The van der Waals surface area contributed by atoms with Crippen LogP contribution in [0.4, 0.5) is 5.69 Å². The number of hydrogen-bond donors (Lipinski definition) is 1. The molecule has 2 aliphatic carbocycles. The van der Waals surface area contributed by atoms with Crippen LogP contribution < -0.4 is 10.1 Å². The van der Waals surface area contributed by atoms with E-state index in [2.05, 4.69) is 5.32 Å². The van der Waals surface area contributed by atoms with Gasteiger partial charge in [-0.15, -0.1) is 0 Å². The van der Waals surface area contributed by atoms with E-state index < -0.39 is 0 Å². The van der Waals surface area contributed by atoms with E-state index in [-0.39, 0.29) is 30.9 Å². The van der Waals surface area contributed by atoms with Gasteiger partial charge >= 0.3 is 5.97 Å². The molecule has 1 amide bonds. The van der Waals surface area contributed by atoms with Crippen LogP contribution in [0.1, 0.15) is 42.5 Å². The molecule has 1 aromatic carbocycles. The zero-order valence-electron chi connectivity index (χ0n) is 14.0. The quantitative estimate of drug-likeness (QED) is 0.656. The molecular weight excluding hydrogens is 322 g/mol. The van der Waals surface area contributed by atoms with E-state index in [1.807, 2.05) is 0 Å². The third-order valence-corrected chi connectivity index (χ3v) is 5.61. The highest BCUT2D eigenvalue weighted by Gasteiger charge is 2.40. The fraction of sp³-hybridized carbons (Fsp3) is 0.526. The second kappa shape index (κ2) is 6.50. The Morgan fingerprint density at radius 1 is 1.24 bits per heavy atom. The first-order valence-corrected chi connectivity index (χ1v) is 8.84. The van der Waals surface area contributed by atoms with Gasteiger partial charge in [0.25, 0.3) is 5.91 Å². The van der Waals surface area contributed by atoms with Crippen molar-refractivity contribution < 1.29 is 23.9 Å². The molecule has 0 radical (unpaired) electrons. The average molecular weight is 343 g/mol. The summed E-state index contributed by atoms with van der Waals surface area (Å²) in [6.45, 7) is -0.297. The van der Waals surface area contributed by atoms with Crippen molar-refractivity contribution in [2.75, 3.05) is 18.5 Å². The van der Waals surface area contributed by atoms with Crippen LogP contribution in [0.5, 0.6) is 5.75 Å². The molecule has 6 heteroatoms. The molecule has 4 rings (SSSR count). The summed E-state index contributed by atoms with van der Waals surface area (Å²) in [7, 11) is 0. The van der Waals surface area contributed by atoms with Crippen molar-refractivity contribution >= 4 is 23.3 Å². The Bertz CT molecular complexity index is 729. The van der Waals surface area contributed by atoms with Crippen molar-refractivity contribution in [2.45, 2.75) is 32.1 Å². The van der Waals surface area contributed by atoms with Crippen LogP contribution >= 0.6 is 0 Å². The number of nitrogens with one attached hydrogen (secondary N) is 1. The molecule has 3 unspecified atom stereocenters. The van der Waals surface area contributed by atoms with Crippen LogP contribution in [0, 0.1) is 17.8 Å². The number of anilines is 1. The van der Waals surface area contributed by atoms with E-state index in [0.29, 0.717) is 35.3 Å². The molecule has 3 aliphatic rings. The summed E-state index contributed by atoms with van der Waals surface area (Å²) in [5.41, 5.74) is 0.854. The summed E-state index contributed by atoms with van der Waals surface area (Å²) in [4.78, 5) is 35.6. The number of Topliss-reactive ketones (excluding diaryl/α,β-unsaturated/α-hetero) is 1. The summed E-state index contributed by atoms with van der Waals surface area (Å²) in [6, 6.07) is 4.81. The second-order valence-corrected chi connectivity index (χ2v) is 7.27. The monoisotopic (exact) mass is 343 g/mol. The van der Waals surface area contributed by atoms with Crippen molar-refractivity contribution in [1.29, 1.82) is 0 Å². The van der Waals surface area contributed by atoms with E-state index in [1.165, 1.54) is 19.3 Å². The van der Waals surface area contributed by atoms with Gasteiger partial charge in [-0.2, -0.15) is 0 Å². The van der Waals surface area contributed by atoms with Crippen LogP contribution in [-0.4, -0.2) is 30.9 Å². The van der Waals surface area contributed by atoms with Gasteiger partial charge in [-0.1, -0.05) is 6.42 Å². The fourth-order valence-electron chi connectivity index (χ4n) is 4.39. The predicted molar refractivity (Wildman–Crippen MR) is 89.4 cm³/mol. The number of esters is 1. The molecule has 25 heavy (non-hydrogen) atoms. The normalized spacial score (nSPS) is 26.6. The number of ether oxygens (including phenoxy) is 2. The molecule has 1 aromatic rings. The van der Waals surface area contributed by atoms with Gasteiger partial charge in [0, 0.05) is 12.0 Å². The van der Waals surface area contributed by atoms with E-state index in [9.17, 15) is 14.4 Å². The van der Waals surface area contributed by atoms with Crippen molar-refractivity contribution in [2.24, 2.45) is 17.8 Å². The Balaban J connectivity index is 1.31. The molecule has 2 fully saturated rings. The highest BCUT2D eigenvalue weighted by Crippen LogP contribution is 2.49. The highest BCUT2D eigenvalue weighted by atomic mass is 16.5. The SMILES string of the molecule is O=C1COc2ccc(C(=O)COC(=O)CC3CC4CCC3C4)cc2N1. The molecule has 0 aromatic heterocycles. The lowest BCUT2D eigenvalue weighted by Gasteiger charge is -2.20. The lowest BCUT2D eigenvalue weighted by Crippen LogP contribution is -2.25. The lowest BCUT2D eigenvalue weighted by atomic mass is 9.86. The summed E-state index contributed by atoms with van der Waals surface area (Å²) >= 11 is 0. The van der Waals surface area contributed by atoms with Gasteiger partial charge in [0.1, 0.15) is 5.75 Å². The molecule has 1 heterocycles. The first kappa shape index (κ1) is 16.1. The number of carbonyl (C=O) groups excluding carboxylic acids is 3. The number of carbonyl (C=O) groups is 3. The average Bonchev–Trinajstić information content (AvgIpc) is 3.22. The van der Waals surface area contributed by atoms with Crippen LogP contribution in [0.15, 0.2) is 18.2 Å². The van der Waals surface area contributed by atoms with Crippen LogP contribution in [0.3, 0.4) is 0 Å². The Morgan fingerprint density at radius 2 is 2.12 bits per heavy atom. The first-order chi connectivity index (χ1) is 12.1. The lowest BCUT2D eigenvalue weighted by molar-refractivity contribution is -0.144. The van der Waals surface area contributed by atoms with Gasteiger partial charge in [0.15, 0.2) is 19.0 Å². The van der Waals surface area contributed by atoms with Gasteiger partial charge in [-0.05, 0) is 55.2 Å². The minimum atomic E-state index is -0.291. The maximum atomic E-state index is 12.3. The second-order valence-electron chi connectivity index (χ2n) is 7.27. The summed E-state index contributed by atoms with van der Waals surface area (Å²) in [5.74, 6) is 1.58. The van der Waals surface area contributed by atoms with Crippen molar-refractivity contribution in [3.63, 3.8) is 0 Å². The number of fused-ring (bicyclic) bond motifs is 3.